The van der Waals surface area contributed by atoms with E-state index in [0.717, 1.165) is 11.4 Å². The molecule has 17 heavy (non-hydrogen) atoms. The number of thioether (sulfide) groups is 1. The summed E-state index contributed by atoms with van der Waals surface area (Å²) < 4.78 is 0. The summed E-state index contributed by atoms with van der Waals surface area (Å²) in [4.78, 5) is 5.71. The van der Waals surface area contributed by atoms with Crippen molar-refractivity contribution in [2.45, 2.75) is 30.5 Å². The van der Waals surface area contributed by atoms with E-state index in [-0.39, 0.29) is 6.04 Å². The molecule has 2 rings (SSSR count). The maximum atomic E-state index is 5.87. The molecule has 2 nitrogen and oxygen atoms in total. The average Bonchev–Trinajstić information content (AvgIpc) is 2.73. The molecule has 0 saturated carbocycles. The quantitative estimate of drug-likeness (QED) is 0.854. The van der Waals surface area contributed by atoms with Crippen molar-refractivity contribution in [3.8, 4) is 0 Å². The van der Waals surface area contributed by atoms with Gasteiger partial charge in [0, 0.05) is 22.0 Å². The van der Waals surface area contributed by atoms with Gasteiger partial charge in [0.25, 0.3) is 0 Å². The van der Waals surface area contributed by atoms with Crippen LogP contribution in [0.1, 0.15) is 29.2 Å². The molecule has 1 aromatic carbocycles. The van der Waals surface area contributed by atoms with Gasteiger partial charge in [-0.05, 0) is 31.5 Å². The minimum absolute atomic E-state index is 0.0951. The van der Waals surface area contributed by atoms with E-state index in [0.29, 0.717) is 0 Å². The summed E-state index contributed by atoms with van der Waals surface area (Å²) in [6, 6.07) is 8.51. The maximum Gasteiger partial charge on any atom is 0.103 e. The van der Waals surface area contributed by atoms with E-state index in [9.17, 15) is 0 Å². The van der Waals surface area contributed by atoms with Crippen molar-refractivity contribution in [1.82, 2.24) is 4.98 Å². The second kappa shape index (κ2) is 5.67. The lowest BCUT2D eigenvalue weighted by atomic mass is 10.1. The SMILES string of the molecule is Cc1csc(CSc2cccc(C(C)N)c2)n1. The van der Waals surface area contributed by atoms with Crippen molar-refractivity contribution < 1.29 is 0 Å². The Kier molecular flexibility index (Phi) is 4.20. The Morgan fingerprint density at radius 1 is 1.47 bits per heavy atom. The van der Waals surface area contributed by atoms with E-state index < -0.39 is 0 Å². The van der Waals surface area contributed by atoms with Crippen LogP contribution >= 0.6 is 23.1 Å². The highest BCUT2D eigenvalue weighted by molar-refractivity contribution is 7.98. The van der Waals surface area contributed by atoms with Gasteiger partial charge in [-0.1, -0.05) is 12.1 Å². The molecule has 0 amide bonds. The van der Waals surface area contributed by atoms with E-state index >= 15 is 0 Å². The van der Waals surface area contributed by atoms with Gasteiger partial charge in [-0.2, -0.15) is 0 Å². The van der Waals surface area contributed by atoms with Crippen LogP contribution in [0, 0.1) is 6.92 Å². The molecule has 0 bridgehead atoms. The lowest BCUT2D eigenvalue weighted by Gasteiger charge is -2.07. The molecular formula is C13H16N2S2. The van der Waals surface area contributed by atoms with Crippen molar-refractivity contribution >= 4 is 23.1 Å². The first kappa shape index (κ1) is 12.6. The highest BCUT2D eigenvalue weighted by Crippen LogP contribution is 2.26. The molecule has 0 radical (unpaired) electrons. The van der Waals surface area contributed by atoms with Crippen LogP contribution in [0.15, 0.2) is 34.5 Å². The number of hydrogen-bond acceptors (Lipinski definition) is 4. The van der Waals surface area contributed by atoms with Gasteiger partial charge in [-0.15, -0.1) is 23.1 Å². The first-order valence-electron chi connectivity index (χ1n) is 5.54. The van der Waals surface area contributed by atoms with Crippen molar-refractivity contribution in [2.24, 2.45) is 5.73 Å². The number of rotatable bonds is 4. The van der Waals surface area contributed by atoms with Crippen LogP contribution in [0.4, 0.5) is 0 Å². The van der Waals surface area contributed by atoms with Crippen molar-refractivity contribution in [3.63, 3.8) is 0 Å². The lowest BCUT2D eigenvalue weighted by molar-refractivity contribution is 0.815. The molecule has 1 aromatic heterocycles. The third kappa shape index (κ3) is 3.56. The number of nitrogens with zero attached hydrogens (tertiary/aromatic N) is 1. The zero-order valence-corrected chi connectivity index (χ0v) is 11.6. The van der Waals surface area contributed by atoms with Crippen LogP contribution in [0.5, 0.6) is 0 Å². The van der Waals surface area contributed by atoms with Gasteiger partial charge in [0.1, 0.15) is 5.01 Å². The summed E-state index contributed by atoms with van der Waals surface area (Å²) in [6.45, 7) is 4.04. The van der Waals surface area contributed by atoms with E-state index in [1.807, 2.05) is 25.6 Å². The molecule has 4 heteroatoms. The number of aromatic nitrogens is 1. The molecule has 1 unspecified atom stereocenters. The van der Waals surface area contributed by atoms with Gasteiger partial charge >= 0.3 is 0 Å². The number of aryl methyl sites for hydroxylation is 1. The van der Waals surface area contributed by atoms with Crippen LogP contribution < -0.4 is 5.73 Å². The van der Waals surface area contributed by atoms with Crippen LogP contribution in [-0.2, 0) is 5.75 Å². The van der Waals surface area contributed by atoms with Crippen LogP contribution in [0.3, 0.4) is 0 Å². The lowest BCUT2D eigenvalue weighted by Crippen LogP contribution is -2.04. The molecule has 0 aliphatic rings. The summed E-state index contributed by atoms with van der Waals surface area (Å²) >= 11 is 3.53. The molecule has 2 N–H and O–H groups in total. The summed E-state index contributed by atoms with van der Waals surface area (Å²) in [7, 11) is 0. The Labute approximate surface area is 110 Å². The Morgan fingerprint density at radius 2 is 2.29 bits per heavy atom. The number of nitrogens with two attached hydrogens (primary N) is 1. The second-order valence-electron chi connectivity index (χ2n) is 4.03. The molecule has 2 aromatic rings. The largest absolute Gasteiger partial charge is 0.324 e. The third-order valence-corrected chi connectivity index (χ3v) is 4.57. The van der Waals surface area contributed by atoms with Gasteiger partial charge in [-0.25, -0.2) is 4.98 Å². The first-order valence-corrected chi connectivity index (χ1v) is 7.41. The minimum Gasteiger partial charge on any atom is -0.324 e. The second-order valence-corrected chi connectivity index (χ2v) is 6.02. The Hall–Kier alpha value is -0.840. The summed E-state index contributed by atoms with van der Waals surface area (Å²) in [6.07, 6.45) is 0. The minimum atomic E-state index is 0.0951. The van der Waals surface area contributed by atoms with Gasteiger partial charge in [0.15, 0.2) is 0 Å². The van der Waals surface area contributed by atoms with Crippen LogP contribution in [-0.4, -0.2) is 4.98 Å². The molecule has 0 aliphatic carbocycles. The van der Waals surface area contributed by atoms with Gasteiger partial charge in [0.2, 0.25) is 0 Å². The zero-order chi connectivity index (χ0) is 12.3. The standard InChI is InChI=1S/C13H16N2S2/c1-9-7-17-13(15-9)8-16-12-5-3-4-11(6-12)10(2)14/h3-7,10H,8,14H2,1-2H3. The molecule has 0 aliphatic heterocycles. The fraction of sp³-hybridized carbons (Fsp3) is 0.308. The molecule has 0 saturated heterocycles. The predicted octanol–water partition coefficient (Wildman–Crippen LogP) is 3.76. The fourth-order valence-corrected chi connectivity index (χ4v) is 3.26. The van der Waals surface area contributed by atoms with Gasteiger partial charge < -0.3 is 5.73 Å². The normalized spacial score (nSPS) is 12.6. The van der Waals surface area contributed by atoms with E-state index in [1.54, 1.807) is 11.3 Å². The van der Waals surface area contributed by atoms with E-state index in [1.165, 1.54) is 15.5 Å². The monoisotopic (exact) mass is 264 g/mol. The molecule has 0 spiro atoms. The fourth-order valence-electron chi connectivity index (χ4n) is 1.50. The highest BCUT2D eigenvalue weighted by atomic mass is 32.2. The van der Waals surface area contributed by atoms with Crippen molar-refractivity contribution in [2.75, 3.05) is 0 Å². The summed E-state index contributed by atoms with van der Waals surface area (Å²) in [5, 5.41) is 3.27. The molecule has 1 atom stereocenters. The highest BCUT2D eigenvalue weighted by Gasteiger charge is 2.03. The van der Waals surface area contributed by atoms with E-state index in [4.69, 9.17) is 5.73 Å². The third-order valence-electron chi connectivity index (χ3n) is 2.41. The smallest absolute Gasteiger partial charge is 0.103 e. The van der Waals surface area contributed by atoms with Crippen LogP contribution in [0.2, 0.25) is 0 Å². The van der Waals surface area contributed by atoms with Crippen molar-refractivity contribution in [1.29, 1.82) is 0 Å². The molecule has 90 valence electrons. The van der Waals surface area contributed by atoms with Crippen molar-refractivity contribution in [3.05, 3.63) is 45.9 Å². The Morgan fingerprint density at radius 3 is 2.94 bits per heavy atom. The molecule has 1 heterocycles. The van der Waals surface area contributed by atoms with Gasteiger partial charge in [-0.3, -0.25) is 0 Å². The zero-order valence-electron chi connectivity index (χ0n) is 10.0. The number of benzene rings is 1. The molecular weight excluding hydrogens is 248 g/mol. The number of thiazole rings is 1. The van der Waals surface area contributed by atoms with Crippen LogP contribution in [0.25, 0.3) is 0 Å². The maximum absolute atomic E-state index is 5.87. The topological polar surface area (TPSA) is 38.9 Å². The predicted molar refractivity (Wildman–Crippen MR) is 75.5 cm³/mol. The van der Waals surface area contributed by atoms with E-state index in [2.05, 4.69) is 34.6 Å². The molecule has 0 fully saturated rings. The first-order chi connectivity index (χ1) is 8.15. The Bertz CT molecular complexity index is 492. The summed E-state index contributed by atoms with van der Waals surface area (Å²) in [5.41, 5.74) is 8.17. The summed E-state index contributed by atoms with van der Waals surface area (Å²) in [5.74, 6) is 0.931. The average molecular weight is 264 g/mol. The van der Waals surface area contributed by atoms with Gasteiger partial charge in [0.05, 0.1) is 5.75 Å². The number of hydrogen-bond donors (Lipinski definition) is 1. The Balaban J connectivity index is 2.01.